The molecular weight excluding hydrogens is 243 g/mol. The Bertz CT molecular complexity index is 425. The lowest BCUT2D eigenvalue weighted by Crippen LogP contribution is -2.43. The SMILES string of the molecule is CCOC1(C(O)Cc2ccc(F)cc2C)CCCC1. The molecule has 1 unspecified atom stereocenters. The summed E-state index contributed by atoms with van der Waals surface area (Å²) >= 11 is 0. The van der Waals surface area contributed by atoms with Crippen LogP contribution in [0.4, 0.5) is 4.39 Å². The third-order valence-electron chi connectivity index (χ3n) is 4.21. The molecule has 19 heavy (non-hydrogen) atoms. The van der Waals surface area contributed by atoms with Gasteiger partial charge >= 0.3 is 0 Å². The summed E-state index contributed by atoms with van der Waals surface area (Å²) in [5.41, 5.74) is 1.50. The molecule has 0 heterocycles. The van der Waals surface area contributed by atoms with E-state index in [0.29, 0.717) is 13.0 Å². The summed E-state index contributed by atoms with van der Waals surface area (Å²) in [6, 6.07) is 4.74. The van der Waals surface area contributed by atoms with Gasteiger partial charge in [0.2, 0.25) is 0 Å². The monoisotopic (exact) mass is 266 g/mol. The second kappa shape index (κ2) is 6.02. The first kappa shape index (κ1) is 14.5. The molecule has 1 saturated carbocycles. The molecule has 3 heteroatoms. The van der Waals surface area contributed by atoms with Gasteiger partial charge in [-0.25, -0.2) is 4.39 Å². The molecule has 2 rings (SSSR count). The summed E-state index contributed by atoms with van der Waals surface area (Å²) in [4.78, 5) is 0. The van der Waals surface area contributed by atoms with Gasteiger partial charge in [-0.1, -0.05) is 18.9 Å². The van der Waals surface area contributed by atoms with E-state index < -0.39 is 11.7 Å². The van der Waals surface area contributed by atoms with Crippen LogP contribution in [-0.2, 0) is 11.2 Å². The Balaban J connectivity index is 2.12. The molecule has 1 N–H and O–H groups in total. The van der Waals surface area contributed by atoms with Crippen LogP contribution in [0.2, 0.25) is 0 Å². The summed E-state index contributed by atoms with van der Waals surface area (Å²) in [6.45, 7) is 4.47. The van der Waals surface area contributed by atoms with Gasteiger partial charge in [0.1, 0.15) is 5.82 Å². The normalized spacial score (nSPS) is 19.6. The average Bonchev–Trinajstić information content (AvgIpc) is 2.83. The van der Waals surface area contributed by atoms with Gasteiger partial charge < -0.3 is 9.84 Å². The van der Waals surface area contributed by atoms with Crippen LogP contribution in [0.25, 0.3) is 0 Å². The van der Waals surface area contributed by atoms with Crippen molar-refractivity contribution in [2.45, 2.75) is 57.7 Å². The molecular formula is C16H23FO2. The summed E-state index contributed by atoms with van der Waals surface area (Å²) in [5.74, 6) is -0.226. The number of rotatable bonds is 5. The van der Waals surface area contributed by atoms with Crippen molar-refractivity contribution < 1.29 is 14.2 Å². The van der Waals surface area contributed by atoms with E-state index in [1.165, 1.54) is 12.1 Å². The summed E-state index contributed by atoms with van der Waals surface area (Å²) < 4.78 is 19.0. The third-order valence-corrected chi connectivity index (χ3v) is 4.21. The Morgan fingerprint density at radius 1 is 1.37 bits per heavy atom. The van der Waals surface area contributed by atoms with Crippen LogP contribution in [0.3, 0.4) is 0 Å². The molecule has 0 aliphatic heterocycles. The Morgan fingerprint density at radius 2 is 2.05 bits per heavy atom. The minimum Gasteiger partial charge on any atom is -0.390 e. The minimum absolute atomic E-state index is 0.226. The predicted molar refractivity (Wildman–Crippen MR) is 73.7 cm³/mol. The van der Waals surface area contributed by atoms with Gasteiger partial charge in [0, 0.05) is 13.0 Å². The second-order valence-electron chi connectivity index (χ2n) is 5.50. The van der Waals surface area contributed by atoms with Crippen molar-refractivity contribution in [1.29, 1.82) is 0 Å². The highest BCUT2D eigenvalue weighted by molar-refractivity contribution is 5.27. The number of aliphatic hydroxyl groups excluding tert-OH is 1. The van der Waals surface area contributed by atoms with Crippen molar-refractivity contribution in [2.75, 3.05) is 6.61 Å². The predicted octanol–water partition coefficient (Wildman–Crippen LogP) is 3.39. The van der Waals surface area contributed by atoms with E-state index >= 15 is 0 Å². The summed E-state index contributed by atoms with van der Waals surface area (Å²) in [7, 11) is 0. The fourth-order valence-electron chi connectivity index (χ4n) is 3.12. The van der Waals surface area contributed by atoms with Crippen LogP contribution in [-0.4, -0.2) is 23.4 Å². The van der Waals surface area contributed by atoms with Crippen molar-refractivity contribution in [2.24, 2.45) is 0 Å². The summed E-state index contributed by atoms with van der Waals surface area (Å²) in [5, 5.41) is 10.6. The second-order valence-corrected chi connectivity index (χ2v) is 5.50. The molecule has 0 aromatic heterocycles. The van der Waals surface area contributed by atoms with E-state index in [2.05, 4.69) is 0 Å². The van der Waals surface area contributed by atoms with Crippen LogP contribution in [0.15, 0.2) is 18.2 Å². The van der Waals surface area contributed by atoms with Crippen molar-refractivity contribution in [3.8, 4) is 0 Å². The highest BCUT2D eigenvalue weighted by Crippen LogP contribution is 2.37. The number of aryl methyl sites for hydroxylation is 1. The molecule has 1 fully saturated rings. The number of halogens is 1. The van der Waals surface area contributed by atoms with Crippen molar-refractivity contribution in [1.82, 2.24) is 0 Å². The maximum absolute atomic E-state index is 13.1. The number of hydrogen-bond acceptors (Lipinski definition) is 2. The molecule has 2 nitrogen and oxygen atoms in total. The van der Waals surface area contributed by atoms with E-state index in [-0.39, 0.29) is 5.82 Å². The first-order valence-corrected chi connectivity index (χ1v) is 7.14. The standard InChI is InChI=1S/C16H23FO2/c1-3-19-16(8-4-5-9-16)15(18)11-13-6-7-14(17)10-12(13)2/h6-7,10,15,18H,3-5,8-9,11H2,1-2H3. The van der Waals surface area contributed by atoms with Crippen LogP contribution in [0.1, 0.15) is 43.7 Å². The fraction of sp³-hybridized carbons (Fsp3) is 0.625. The van der Waals surface area contributed by atoms with E-state index in [0.717, 1.165) is 36.8 Å². The Hall–Kier alpha value is -0.930. The maximum atomic E-state index is 13.1. The first-order chi connectivity index (χ1) is 9.07. The smallest absolute Gasteiger partial charge is 0.123 e. The molecule has 0 amide bonds. The van der Waals surface area contributed by atoms with Crippen LogP contribution < -0.4 is 0 Å². The number of ether oxygens (including phenoxy) is 1. The average molecular weight is 266 g/mol. The lowest BCUT2D eigenvalue weighted by atomic mass is 9.88. The highest BCUT2D eigenvalue weighted by atomic mass is 19.1. The van der Waals surface area contributed by atoms with Gasteiger partial charge in [0.05, 0.1) is 11.7 Å². The van der Waals surface area contributed by atoms with E-state index in [1.54, 1.807) is 6.07 Å². The molecule has 1 aromatic rings. The molecule has 0 radical (unpaired) electrons. The number of aliphatic hydroxyl groups is 1. The highest BCUT2D eigenvalue weighted by Gasteiger charge is 2.41. The lowest BCUT2D eigenvalue weighted by molar-refractivity contribution is -0.115. The van der Waals surface area contributed by atoms with Crippen molar-refractivity contribution in [3.05, 3.63) is 35.1 Å². The quantitative estimate of drug-likeness (QED) is 0.885. The van der Waals surface area contributed by atoms with Gasteiger partial charge in [0.25, 0.3) is 0 Å². The minimum atomic E-state index is -0.515. The van der Waals surface area contributed by atoms with Crippen LogP contribution >= 0.6 is 0 Å². The van der Waals surface area contributed by atoms with Gasteiger partial charge in [-0.05, 0) is 49.9 Å². The Kier molecular flexibility index (Phi) is 4.58. The van der Waals surface area contributed by atoms with Gasteiger partial charge in [0.15, 0.2) is 0 Å². The Labute approximate surface area is 114 Å². The largest absolute Gasteiger partial charge is 0.390 e. The van der Waals surface area contributed by atoms with Crippen LogP contribution in [0, 0.1) is 12.7 Å². The molecule has 1 aliphatic rings. The molecule has 0 saturated heterocycles. The van der Waals surface area contributed by atoms with E-state index in [9.17, 15) is 9.50 Å². The number of benzene rings is 1. The fourth-order valence-corrected chi connectivity index (χ4v) is 3.12. The van der Waals surface area contributed by atoms with Gasteiger partial charge in [-0.2, -0.15) is 0 Å². The maximum Gasteiger partial charge on any atom is 0.123 e. The molecule has 0 spiro atoms. The zero-order chi connectivity index (χ0) is 13.9. The van der Waals surface area contributed by atoms with Gasteiger partial charge in [-0.3, -0.25) is 0 Å². The third kappa shape index (κ3) is 3.15. The number of hydrogen-bond donors (Lipinski definition) is 1. The first-order valence-electron chi connectivity index (χ1n) is 7.14. The van der Waals surface area contributed by atoms with Gasteiger partial charge in [-0.15, -0.1) is 0 Å². The van der Waals surface area contributed by atoms with E-state index in [4.69, 9.17) is 4.74 Å². The summed E-state index contributed by atoms with van der Waals surface area (Å²) in [6.07, 6.45) is 4.08. The lowest BCUT2D eigenvalue weighted by Gasteiger charge is -2.34. The van der Waals surface area contributed by atoms with Crippen LogP contribution in [0.5, 0.6) is 0 Å². The zero-order valence-corrected chi connectivity index (χ0v) is 11.8. The molecule has 1 aliphatic carbocycles. The molecule has 1 aromatic carbocycles. The molecule has 106 valence electrons. The van der Waals surface area contributed by atoms with Crippen molar-refractivity contribution in [3.63, 3.8) is 0 Å². The zero-order valence-electron chi connectivity index (χ0n) is 11.8. The topological polar surface area (TPSA) is 29.5 Å². The Morgan fingerprint density at radius 3 is 2.63 bits per heavy atom. The van der Waals surface area contributed by atoms with E-state index in [1.807, 2.05) is 13.8 Å². The molecule has 1 atom stereocenters. The van der Waals surface area contributed by atoms with Crippen molar-refractivity contribution >= 4 is 0 Å². The molecule has 0 bridgehead atoms.